The third-order valence-corrected chi connectivity index (χ3v) is 4.09. The molecule has 1 aromatic heterocycles. The van der Waals surface area contributed by atoms with Gasteiger partial charge in [0.05, 0.1) is 31.2 Å². The van der Waals surface area contributed by atoms with Crippen LogP contribution < -0.4 is 15.4 Å². The second-order valence-corrected chi connectivity index (χ2v) is 6.25. The summed E-state index contributed by atoms with van der Waals surface area (Å²) in [4.78, 5) is 20.8. The summed E-state index contributed by atoms with van der Waals surface area (Å²) in [6.45, 7) is 1.78. The molecule has 28 heavy (non-hydrogen) atoms. The largest absolute Gasteiger partial charge is 0.495 e. The summed E-state index contributed by atoms with van der Waals surface area (Å²) in [5.74, 6) is 1.81. The van der Waals surface area contributed by atoms with Crippen molar-refractivity contribution in [2.24, 2.45) is 0 Å². The van der Waals surface area contributed by atoms with Gasteiger partial charge in [-0.15, -0.1) is 0 Å². The molecule has 0 aliphatic carbocycles. The van der Waals surface area contributed by atoms with Gasteiger partial charge in [-0.25, -0.2) is 14.8 Å². The predicted octanol–water partition coefficient (Wildman–Crippen LogP) is 4.72. The highest BCUT2D eigenvalue weighted by Gasteiger charge is 2.13. The van der Waals surface area contributed by atoms with Crippen LogP contribution in [0.5, 0.6) is 5.75 Å². The molecule has 3 aromatic rings. The summed E-state index contributed by atoms with van der Waals surface area (Å²) in [5, 5.41) is 6.90. The third-order valence-electron chi connectivity index (χ3n) is 3.86. The highest BCUT2D eigenvalue weighted by molar-refractivity contribution is 6.31. The molecule has 0 unspecified atom stereocenters. The number of rotatable bonds is 6. The molecule has 0 bridgehead atoms. The summed E-state index contributed by atoms with van der Waals surface area (Å²) in [6.07, 6.45) is 0. The number of esters is 1. The number of carbonyl (C=O) groups excluding carboxylic acids is 1. The molecule has 2 N–H and O–H groups in total. The fourth-order valence-electron chi connectivity index (χ4n) is 2.63. The van der Waals surface area contributed by atoms with Gasteiger partial charge in [-0.3, -0.25) is 0 Å². The lowest BCUT2D eigenvalue weighted by molar-refractivity contribution is 0.0602. The van der Waals surface area contributed by atoms with Gasteiger partial charge in [0.1, 0.15) is 23.2 Å². The van der Waals surface area contributed by atoms with Gasteiger partial charge in [-0.1, -0.05) is 23.7 Å². The Kier molecular flexibility index (Phi) is 5.96. The van der Waals surface area contributed by atoms with Crippen molar-refractivity contribution >= 4 is 40.6 Å². The Bertz CT molecular complexity index is 1010. The molecule has 7 nitrogen and oxygen atoms in total. The molecule has 2 aromatic carbocycles. The molecular formula is C20H19ClN4O3. The number of para-hydroxylation sites is 1. The molecule has 0 aliphatic heterocycles. The van der Waals surface area contributed by atoms with Crippen LogP contribution in [0.3, 0.4) is 0 Å². The van der Waals surface area contributed by atoms with E-state index in [1.165, 1.54) is 7.11 Å². The first-order valence-corrected chi connectivity index (χ1v) is 8.78. The maximum absolute atomic E-state index is 12.0. The molecule has 0 atom stereocenters. The number of benzene rings is 2. The molecular weight excluding hydrogens is 380 g/mol. The van der Waals surface area contributed by atoms with E-state index in [0.29, 0.717) is 45.2 Å². The van der Waals surface area contributed by atoms with E-state index >= 15 is 0 Å². The number of carbonyl (C=O) groups is 1. The van der Waals surface area contributed by atoms with E-state index in [1.807, 2.05) is 6.07 Å². The topological polar surface area (TPSA) is 85.4 Å². The smallest absolute Gasteiger partial charge is 0.339 e. The Morgan fingerprint density at radius 2 is 1.64 bits per heavy atom. The van der Waals surface area contributed by atoms with Crippen molar-refractivity contribution in [3.8, 4) is 5.75 Å². The van der Waals surface area contributed by atoms with Crippen LogP contribution in [0.2, 0.25) is 5.02 Å². The molecule has 144 valence electrons. The zero-order valence-electron chi connectivity index (χ0n) is 15.6. The third kappa shape index (κ3) is 4.50. The Morgan fingerprint density at radius 1 is 0.964 bits per heavy atom. The normalized spacial score (nSPS) is 10.3. The molecule has 8 heteroatoms. The molecule has 0 aliphatic rings. The lowest BCUT2D eigenvalue weighted by Crippen LogP contribution is -2.07. The SMILES string of the molecule is COC(=O)c1ccccc1Nc1cc(Nc2cc(Cl)ccc2OC)nc(C)n1. The van der Waals surface area contributed by atoms with Crippen molar-refractivity contribution in [3.63, 3.8) is 0 Å². The zero-order chi connectivity index (χ0) is 20.1. The predicted molar refractivity (Wildman–Crippen MR) is 109 cm³/mol. The van der Waals surface area contributed by atoms with E-state index in [-0.39, 0.29) is 0 Å². The number of anilines is 4. The number of nitrogens with zero attached hydrogens (tertiary/aromatic N) is 2. The van der Waals surface area contributed by atoms with Crippen molar-refractivity contribution in [2.45, 2.75) is 6.92 Å². The van der Waals surface area contributed by atoms with Crippen LogP contribution in [0.1, 0.15) is 16.2 Å². The van der Waals surface area contributed by atoms with Gasteiger partial charge in [0.25, 0.3) is 0 Å². The van der Waals surface area contributed by atoms with Gasteiger partial charge in [-0.2, -0.15) is 0 Å². The number of hydrogen-bond acceptors (Lipinski definition) is 7. The van der Waals surface area contributed by atoms with Crippen molar-refractivity contribution in [2.75, 3.05) is 24.9 Å². The minimum Gasteiger partial charge on any atom is -0.495 e. The van der Waals surface area contributed by atoms with Crippen molar-refractivity contribution in [3.05, 3.63) is 64.9 Å². The first-order valence-electron chi connectivity index (χ1n) is 8.41. The van der Waals surface area contributed by atoms with Gasteiger partial charge in [0.2, 0.25) is 0 Å². The maximum Gasteiger partial charge on any atom is 0.339 e. The second-order valence-electron chi connectivity index (χ2n) is 5.82. The first-order chi connectivity index (χ1) is 13.5. The number of nitrogens with one attached hydrogen (secondary N) is 2. The van der Waals surface area contributed by atoms with Crippen LogP contribution in [0.4, 0.5) is 23.0 Å². The summed E-state index contributed by atoms with van der Waals surface area (Å²) >= 11 is 6.09. The van der Waals surface area contributed by atoms with Gasteiger partial charge in [0, 0.05) is 11.1 Å². The lowest BCUT2D eigenvalue weighted by Gasteiger charge is -2.14. The zero-order valence-corrected chi connectivity index (χ0v) is 16.4. The number of hydrogen-bond donors (Lipinski definition) is 2. The van der Waals surface area contributed by atoms with Gasteiger partial charge < -0.3 is 20.1 Å². The van der Waals surface area contributed by atoms with E-state index in [2.05, 4.69) is 20.6 Å². The molecule has 0 saturated carbocycles. The average Bonchev–Trinajstić information content (AvgIpc) is 2.67. The molecule has 0 radical (unpaired) electrons. The summed E-state index contributed by atoms with van der Waals surface area (Å²) < 4.78 is 10.2. The second kappa shape index (κ2) is 8.58. The fraction of sp³-hybridized carbons (Fsp3) is 0.150. The van der Waals surface area contributed by atoms with Gasteiger partial charge in [0.15, 0.2) is 0 Å². The fourth-order valence-corrected chi connectivity index (χ4v) is 2.80. The van der Waals surface area contributed by atoms with Crippen LogP contribution >= 0.6 is 11.6 Å². The number of halogens is 1. The molecule has 1 heterocycles. The van der Waals surface area contributed by atoms with Crippen molar-refractivity contribution < 1.29 is 14.3 Å². The first kappa shape index (κ1) is 19.4. The van der Waals surface area contributed by atoms with E-state index in [1.54, 1.807) is 56.5 Å². The van der Waals surface area contributed by atoms with Crippen LogP contribution in [0, 0.1) is 6.92 Å². The standard InChI is InChI=1S/C20H19ClN4O3/c1-12-22-18(24-15-7-5-4-6-14(15)20(26)28-3)11-19(23-12)25-16-10-13(21)8-9-17(16)27-2/h4-11H,1-3H3,(H2,22,23,24,25). The number of aromatic nitrogens is 2. The van der Waals surface area contributed by atoms with E-state index in [4.69, 9.17) is 21.1 Å². The van der Waals surface area contributed by atoms with Crippen LogP contribution in [-0.4, -0.2) is 30.2 Å². The van der Waals surface area contributed by atoms with E-state index < -0.39 is 5.97 Å². The van der Waals surface area contributed by atoms with Crippen molar-refractivity contribution in [1.29, 1.82) is 0 Å². The van der Waals surface area contributed by atoms with Crippen LogP contribution in [-0.2, 0) is 4.74 Å². The minimum absolute atomic E-state index is 0.410. The summed E-state index contributed by atoms with van der Waals surface area (Å²) in [7, 11) is 2.92. The van der Waals surface area contributed by atoms with Gasteiger partial charge in [-0.05, 0) is 37.3 Å². The summed E-state index contributed by atoms with van der Waals surface area (Å²) in [6, 6.07) is 14.0. The summed E-state index contributed by atoms with van der Waals surface area (Å²) in [5.41, 5.74) is 1.67. The van der Waals surface area contributed by atoms with Crippen LogP contribution in [0.15, 0.2) is 48.5 Å². The number of aryl methyl sites for hydroxylation is 1. The molecule has 3 rings (SSSR count). The molecule has 0 spiro atoms. The Labute approximate surface area is 167 Å². The maximum atomic E-state index is 12.0. The highest BCUT2D eigenvalue weighted by Crippen LogP contribution is 2.31. The lowest BCUT2D eigenvalue weighted by atomic mass is 10.2. The van der Waals surface area contributed by atoms with E-state index in [0.717, 1.165) is 0 Å². The Hall–Kier alpha value is -3.32. The quantitative estimate of drug-likeness (QED) is 0.581. The van der Waals surface area contributed by atoms with Crippen molar-refractivity contribution in [1.82, 2.24) is 9.97 Å². The molecule has 0 fully saturated rings. The number of methoxy groups -OCH3 is 2. The van der Waals surface area contributed by atoms with Gasteiger partial charge >= 0.3 is 5.97 Å². The number of ether oxygens (including phenoxy) is 2. The van der Waals surface area contributed by atoms with Crippen LogP contribution in [0.25, 0.3) is 0 Å². The highest BCUT2D eigenvalue weighted by atomic mass is 35.5. The minimum atomic E-state index is -0.434. The Morgan fingerprint density at radius 3 is 2.32 bits per heavy atom. The Balaban J connectivity index is 1.91. The molecule has 0 amide bonds. The monoisotopic (exact) mass is 398 g/mol. The average molecular weight is 399 g/mol. The molecule has 0 saturated heterocycles. The van der Waals surface area contributed by atoms with E-state index in [9.17, 15) is 4.79 Å².